The fraction of sp³-hybridized carbons (Fsp3) is 0.357. The molecule has 0 spiro atoms. The fourth-order valence-electron chi connectivity index (χ4n) is 4.77. The molecule has 3 aromatic rings. The van der Waals surface area contributed by atoms with Crippen molar-refractivity contribution in [2.75, 3.05) is 11.5 Å². The van der Waals surface area contributed by atoms with Gasteiger partial charge in [-0.15, -0.1) is 10.2 Å². The Morgan fingerprint density at radius 1 is 1.19 bits per heavy atom. The monoisotopic (exact) mass is 519 g/mol. The maximum atomic E-state index is 13.4. The minimum atomic E-state index is -0.880. The van der Waals surface area contributed by atoms with Crippen LogP contribution in [0.25, 0.3) is 5.76 Å². The predicted molar refractivity (Wildman–Crippen MR) is 141 cm³/mol. The molecule has 2 atom stereocenters. The van der Waals surface area contributed by atoms with E-state index in [1.165, 1.54) is 16.2 Å². The largest absolute Gasteiger partial charge is 0.507 e. The Labute approximate surface area is 219 Å². The Kier molecular flexibility index (Phi) is 6.97. The highest BCUT2D eigenvalue weighted by Gasteiger charge is 2.48. The lowest BCUT2D eigenvalue weighted by Crippen LogP contribution is -2.29. The van der Waals surface area contributed by atoms with Crippen molar-refractivity contribution in [2.24, 2.45) is 0 Å². The highest BCUT2D eigenvalue weighted by atomic mass is 32.1. The molecule has 1 amide bonds. The molecule has 1 N–H and O–H groups in total. The number of Topliss-reactive ketones (excluding diaryl/α,β-unsaturated/α-hetero) is 1. The maximum Gasteiger partial charge on any atom is 0.301 e. The number of ether oxygens (including phenoxy) is 2. The number of hydrogen-bond donors (Lipinski definition) is 1. The lowest BCUT2D eigenvalue weighted by Gasteiger charge is -2.23. The number of aromatic nitrogens is 2. The number of rotatable bonds is 8. The number of aryl methyl sites for hydroxylation is 1. The zero-order chi connectivity index (χ0) is 26.1. The second kappa shape index (κ2) is 10.3. The van der Waals surface area contributed by atoms with E-state index in [1.807, 2.05) is 37.3 Å². The average molecular weight is 520 g/mol. The summed E-state index contributed by atoms with van der Waals surface area (Å²) in [6, 6.07) is 11.7. The zero-order valence-electron chi connectivity index (χ0n) is 21.1. The summed E-state index contributed by atoms with van der Waals surface area (Å²) < 4.78 is 11.7. The smallest absolute Gasteiger partial charge is 0.301 e. The fourth-order valence-corrected chi connectivity index (χ4v) is 5.48. The van der Waals surface area contributed by atoms with Gasteiger partial charge in [0.25, 0.3) is 5.78 Å². The van der Waals surface area contributed by atoms with Crippen LogP contribution in [0, 0.1) is 6.92 Å². The standard InChI is InChI=1S/C28H29N3O5S/c1-4-5-6-12-35-21-9-7-8-18(15-21)24-23(26(33)27(34)31(24)28-30-29-17(3)37-28)25(32)19-10-11-22-20(14-19)13-16(2)36-22/h7-11,14-16,24,32H,4-6,12-13H2,1-3H3/t16-,24+/m0/s1. The molecule has 8 nitrogen and oxygen atoms in total. The molecule has 1 fully saturated rings. The molecule has 9 heteroatoms. The molecule has 37 heavy (non-hydrogen) atoms. The lowest BCUT2D eigenvalue weighted by molar-refractivity contribution is -0.132. The normalized spacial score (nSPS) is 20.2. The second-order valence-electron chi connectivity index (χ2n) is 9.36. The van der Waals surface area contributed by atoms with Crippen LogP contribution in [0.1, 0.15) is 60.8 Å². The van der Waals surface area contributed by atoms with E-state index in [0.717, 1.165) is 30.6 Å². The van der Waals surface area contributed by atoms with Crippen LogP contribution in [0.2, 0.25) is 0 Å². The van der Waals surface area contributed by atoms with Crippen LogP contribution in [0.4, 0.5) is 5.13 Å². The van der Waals surface area contributed by atoms with E-state index in [-0.39, 0.29) is 17.4 Å². The average Bonchev–Trinajstić information content (AvgIpc) is 3.56. The van der Waals surface area contributed by atoms with Crippen molar-refractivity contribution in [2.45, 2.75) is 58.6 Å². The van der Waals surface area contributed by atoms with Crippen LogP contribution in [0.5, 0.6) is 11.5 Å². The summed E-state index contributed by atoms with van der Waals surface area (Å²) in [6.07, 6.45) is 3.84. The summed E-state index contributed by atoms with van der Waals surface area (Å²) in [5, 5.41) is 20.6. The van der Waals surface area contributed by atoms with E-state index in [9.17, 15) is 14.7 Å². The van der Waals surface area contributed by atoms with Gasteiger partial charge in [-0.05, 0) is 61.7 Å². The molecule has 0 radical (unpaired) electrons. The number of carbonyl (C=O) groups is 2. The maximum absolute atomic E-state index is 13.4. The molecule has 192 valence electrons. The van der Waals surface area contributed by atoms with E-state index >= 15 is 0 Å². The minimum absolute atomic E-state index is 0.00731. The molecule has 2 aromatic carbocycles. The van der Waals surface area contributed by atoms with Crippen LogP contribution >= 0.6 is 11.3 Å². The van der Waals surface area contributed by atoms with Gasteiger partial charge in [0.1, 0.15) is 28.4 Å². The molecular formula is C28H29N3O5S. The summed E-state index contributed by atoms with van der Waals surface area (Å²) in [4.78, 5) is 28.0. The number of anilines is 1. The molecule has 2 aliphatic rings. The van der Waals surface area contributed by atoms with Crippen molar-refractivity contribution in [1.29, 1.82) is 0 Å². The Balaban J connectivity index is 1.60. The number of benzene rings is 2. The van der Waals surface area contributed by atoms with Gasteiger partial charge in [0.05, 0.1) is 18.2 Å². The van der Waals surface area contributed by atoms with Crippen LogP contribution in [-0.2, 0) is 16.0 Å². The van der Waals surface area contributed by atoms with E-state index < -0.39 is 17.7 Å². The van der Waals surface area contributed by atoms with Gasteiger partial charge in [0, 0.05) is 12.0 Å². The minimum Gasteiger partial charge on any atom is -0.507 e. The first-order valence-corrected chi connectivity index (χ1v) is 13.3. The van der Waals surface area contributed by atoms with Gasteiger partial charge >= 0.3 is 5.91 Å². The third-order valence-corrected chi connectivity index (χ3v) is 7.36. The number of ketones is 1. The first-order valence-electron chi connectivity index (χ1n) is 12.5. The number of nitrogens with zero attached hydrogens (tertiary/aromatic N) is 3. The summed E-state index contributed by atoms with van der Waals surface area (Å²) in [5.74, 6) is -0.358. The highest BCUT2D eigenvalue weighted by Crippen LogP contribution is 2.44. The third kappa shape index (κ3) is 4.83. The number of aliphatic hydroxyl groups excluding tert-OH is 1. The van der Waals surface area contributed by atoms with Crippen LogP contribution in [0.15, 0.2) is 48.0 Å². The van der Waals surface area contributed by atoms with E-state index in [4.69, 9.17) is 9.47 Å². The van der Waals surface area contributed by atoms with E-state index in [0.29, 0.717) is 40.0 Å². The number of fused-ring (bicyclic) bond motifs is 1. The van der Waals surface area contributed by atoms with Crippen LogP contribution in [0.3, 0.4) is 0 Å². The number of hydrogen-bond acceptors (Lipinski definition) is 8. The van der Waals surface area contributed by atoms with E-state index in [1.54, 1.807) is 19.1 Å². The number of aliphatic hydroxyl groups is 1. The number of unbranched alkanes of at least 4 members (excludes halogenated alkanes) is 2. The number of amides is 1. The second-order valence-corrected chi connectivity index (χ2v) is 10.5. The Bertz CT molecular complexity index is 1380. The van der Waals surface area contributed by atoms with Crippen molar-refractivity contribution in [3.05, 3.63) is 69.7 Å². The van der Waals surface area contributed by atoms with Gasteiger partial charge in [-0.2, -0.15) is 0 Å². The van der Waals surface area contributed by atoms with Gasteiger partial charge < -0.3 is 14.6 Å². The van der Waals surface area contributed by atoms with Gasteiger partial charge in [0.15, 0.2) is 0 Å². The molecule has 2 aliphatic heterocycles. The van der Waals surface area contributed by atoms with Crippen LogP contribution < -0.4 is 14.4 Å². The van der Waals surface area contributed by atoms with Crippen molar-refractivity contribution in [3.8, 4) is 11.5 Å². The Morgan fingerprint density at radius 3 is 2.78 bits per heavy atom. The molecule has 5 rings (SSSR count). The van der Waals surface area contributed by atoms with Gasteiger partial charge in [0.2, 0.25) is 5.13 Å². The number of carbonyl (C=O) groups excluding carboxylic acids is 2. The molecule has 0 unspecified atom stereocenters. The summed E-state index contributed by atoms with van der Waals surface area (Å²) in [6.45, 7) is 6.47. The Morgan fingerprint density at radius 2 is 2.03 bits per heavy atom. The Hall–Kier alpha value is -3.72. The quantitative estimate of drug-likeness (QED) is 0.185. The molecular weight excluding hydrogens is 490 g/mol. The molecule has 1 aromatic heterocycles. The first-order chi connectivity index (χ1) is 17.9. The third-order valence-electron chi connectivity index (χ3n) is 6.53. The van der Waals surface area contributed by atoms with Crippen molar-refractivity contribution in [1.82, 2.24) is 10.2 Å². The predicted octanol–water partition coefficient (Wildman–Crippen LogP) is 5.37. The van der Waals surface area contributed by atoms with Gasteiger partial charge in [-0.3, -0.25) is 14.5 Å². The van der Waals surface area contributed by atoms with Crippen molar-refractivity contribution in [3.63, 3.8) is 0 Å². The van der Waals surface area contributed by atoms with Gasteiger partial charge in [-0.1, -0.05) is 43.2 Å². The first kappa shape index (κ1) is 25.0. The van der Waals surface area contributed by atoms with Crippen molar-refractivity contribution >= 4 is 33.9 Å². The summed E-state index contributed by atoms with van der Waals surface area (Å²) in [5.41, 5.74) is 2.05. The SMILES string of the molecule is CCCCCOc1cccc([C@@H]2C(=C(O)c3ccc4c(c3)C[C@H](C)O4)C(=O)C(=O)N2c2nnc(C)s2)c1. The zero-order valence-corrected chi connectivity index (χ0v) is 21.9. The van der Waals surface area contributed by atoms with Crippen LogP contribution in [-0.4, -0.2) is 39.7 Å². The topological polar surface area (TPSA) is 102 Å². The summed E-state index contributed by atoms with van der Waals surface area (Å²) in [7, 11) is 0. The molecule has 0 aliphatic carbocycles. The molecule has 0 saturated carbocycles. The lowest BCUT2D eigenvalue weighted by atomic mass is 9.94. The van der Waals surface area contributed by atoms with Crippen molar-refractivity contribution < 1.29 is 24.2 Å². The van der Waals surface area contributed by atoms with Gasteiger partial charge in [-0.25, -0.2) is 0 Å². The van der Waals surface area contributed by atoms with E-state index in [2.05, 4.69) is 17.1 Å². The molecule has 0 bridgehead atoms. The molecule has 3 heterocycles. The summed E-state index contributed by atoms with van der Waals surface area (Å²) >= 11 is 1.22. The molecule has 1 saturated heterocycles. The highest BCUT2D eigenvalue weighted by molar-refractivity contribution is 7.15.